The van der Waals surface area contributed by atoms with Gasteiger partial charge in [-0.2, -0.15) is 0 Å². The van der Waals surface area contributed by atoms with Crippen molar-refractivity contribution in [3.05, 3.63) is 23.8 Å². The molecule has 2 rings (SSSR count). The molecular formula is C14H22N2O3S. The zero-order valence-electron chi connectivity index (χ0n) is 11.9. The third-order valence-electron chi connectivity index (χ3n) is 3.77. The van der Waals surface area contributed by atoms with Gasteiger partial charge in [-0.1, -0.05) is 0 Å². The van der Waals surface area contributed by atoms with E-state index in [9.17, 15) is 8.42 Å². The molecule has 0 atom stereocenters. The van der Waals surface area contributed by atoms with Crippen molar-refractivity contribution in [1.82, 2.24) is 4.72 Å². The van der Waals surface area contributed by atoms with Crippen molar-refractivity contribution in [3.8, 4) is 5.75 Å². The highest BCUT2D eigenvalue weighted by molar-refractivity contribution is 7.89. The van der Waals surface area contributed by atoms with E-state index in [-0.39, 0.29) is 17.0 Å². The van der Waals surface area contributed by atoms with E-state index in [2.05, 4.69) is 4.72 Å². The average Bonchev–Trinajstić information content (AvgIpc) is 2.41. The summed E-state index contributed by atoms with van der Waals surface area (Å²) in [5.74, 6) is 0.688. The van der Waals surface area contributed by atoms with Crippen LogP contribution in [0.4, 0.5) is 0 Å². The minimum absolute atomic E-state index is 0.0118. The predicted octanol–water partition coefficient (Wildman–Crippen LogP) is 1.55. The predicted molar refractivity (Wildman–Crippen MR) is 78.3 cm³/mol. The summed E-state index contributed by atoms with van der Waals surface area (Å²) >= 11 is 0. The number of nitrogens with two attached hydrogens (primary N) is 1. The summed E-state index contributed by atoms with van der Waals surface area (Å²) in [6.07, 6.45) is 3.34. The van der Waals surface area contributed by atoms with Crippen molar-refractivity contribution < 1.29 is 13.2 Å². The van der Waals surface area contributed by atoms with Gasteiger partial charge in [0.25, 0.3) is 0 Å². The van der Waals surface area contributed by atoms with Gasteiger partial charge < -0.3 is 10.5 Å². The van der Waals surface area contributed by atoms with Gasteiger partial charge in [0, 0.05) is 12.1 Å². The molecule has 5 nitrogen and oxygen atoms in total. The van der Waals surface area contributed by atoms with E-state index in [0.717, 1.165) is 31.2 Å². The van der Waals surface area contributed by atoms with Crippen LogP contribution in [0.3, 0.4) is 0 Å². The maximum absolute atomic E-state index is 12.4. The van der Waals surface area contributed by atoms with Crippen LogP contribution in [0.2, 0.25) is 0 Å². The summed E-state index contributed by atoms with van der Waals surface area (Å²) in [6, 6.07) is 5.08. The normalized spacial score (nSPS) is 23.6. The monoisotopic (exact) mass is 298 g/mol. The Labute approximate surface area is 120 Å². The molecule has 0 unspecified atom stereocenters. The number of nitrogens with one attached hydrogen (secondary N) is 1. The van der Waals surface area contributed by atoms with Crippen molar-refractivity contribution >= 4 is 10.0 Å². The SMILES string of the molecule is COc1ccc(S(=O)(=O)NC2CCC(N)CC2)cc1C. The standard InChI is InChI=1S/C14H22N2O3S/c1-10-9-13(7-8-14(10)19-2)20(17,18)16-12-5-3-11(15)4-6-12/h7-9,11-12,16H,3-6,15H2,1-2H3. The molecule has 0 radical (unpaired) electrons. The Hall–Kier alpha value is -1.11. The Morgan fingerprint density at radius 2 is 1.90 bits per heavy atom. The highest BCUT2D eigenvalue weighted by atomic mass is 32.2. The maximum Gasteiger partial charge on any atom is 0.240 e. The lowest BCUT2D eigenvalue weighted by Gasteiger charge is -2.26. The second kappa shape index (κ2) is 6.11. The van der Waals surface area contributed by atoms with E-state index in [1.807, 2.05) is 6.92 Å². The van der Waals surface area contributed by atoms with Gasteiger partial charge in [0.1, 0.15) is 5.75 Å². The first-order valence-corrected chi connectivity index (χ1v) is 8.33. The lowest BCUT2D eigenvalue weighted by atomic mass is 9.93. The van der Waals surface area contributed by atoms with Crippen LogP contribution in [-0.4, -0.2) is 27.6 Å². The van der Waals surface area contributed by atoms with Gasteiger partial charge in [-0.25, -0.2) is 13.1 Å². The van der Waals surface area contributed by atoms with Crippen LogP contribution < -0.4 is 15.2 Å². The molecule has 0 heterocycles. The zero-order chi connectivity index (χ0) is 14.8. The Morgan fingerprint density at radius 3 is 2.45 bits per heavy atom. The number of aryl methyl sites for hydroxylation is 1. The van der Waals surface area contributed by atoms with Crippen molar-refractivity contribution in [2.24, 2.45) is 5.73 Å². The van der Waals surface area contributed by atoms with Crippen molar-refractivity contribution in [2.45, 2.75) is 49.6 Å². The van der Waals surface area contributed by atoms with Crippen LogP contribution in [0.15, 0.2) is 23.1 Å². The third kappa shape index (κ3) is 3.50. The lowest BCUT2D eigenvalue weighted by Crippen LogP contribution is -2.40. The van der Waals surface area contributed by atoms with E-state index in [4.69, 9.17) is 10.5 Å². The quantitative estimate of drug-likeness (QED) is 0.883. The second-order valence-corrected chi connectivity index (χ2v) is 7.08. The molecule has 1 fully saturated rings. The Balaban J connectivity index is 2.12. The molecule has 1 saturated carbocycles. The first-order chi connectivity index (χ1) is 9.42. The van der Waals surface area contributed by atoms with E-state index in [1.165, 1.54) is 0 Å². The van der Waals surface area contributed by atoms with Crippen molar-refractivity contribution in [1.29, 1.82) is 0 Å². The van der Waals surface area contributed by atoms with E-state index < -0.39 is 10.0 Å². The van der Waals surface area contributed by atoms with Gasteiger partial charge >= 0.3 is 0 Å². The third-order valence-corrected chi connectivity index (χ3v) is 5.29. The summed E-state index contributed by atoms with van der Waals surface area (Å²) in [6.45, 7) is 1.83. The highest BCUT2D eigenvalue weighted by Gasteiger charge is 2.24. The molecule has 6 heteroatoms. The fourth-order valence-electron chi connectivity index (χ4n) is 2.54. The zero-order valence-corrected chi connectivity index (χ0v) is 12.7. The first kappa shape index (κ1) is 15.3. The first-order valence-electron chi connectivity index (χ1n) is 6.85. The Bertz CT molecular complexity index is 564. The summed E-state index contributed by atoms with van der Waals surface area (Å²) in [4.78, 5) is 0.283. The van der Waals surface area contributed by atoms with Crippen LogP contribution in [0.5, 0.6) is 5.75 Å². The van der Waals surface area contributed by atoms with Gasteiger partial charge in [-0.15, -0.1) is 0 Å². The van der Waals surface area contributed by atoms with Crippen LogP contribution in [-0.2, 0) is 10.0 Å². The number of hydrogen-bond acceptors (Lipinski definition) is 4. The molecular weight excluding hydrogens is 276 g/mol. The molecule has 0 aromatic heterocycles. The van der Waals surface area contributed by atoms with E-state index in [1.54, 1.807) is 25.3 Å². The molecule has 3 N–H and O–H groups in total. The van der Waals surface area contributed by atoms with Gasteiger partial charge in [-0.05, 0) is 56.4 Å². The Kier molecular flexibility index (Phi) is 4.67. The van der Waals surface area contributed by atoms with Crippen molar-refractivity contribution in [2.75, 3.05) is 7.11 Å². The minimum atomic E-state index is -3.47. The number of benzene rings is 1. The topological polar surface area (TPSA) is 81.4 Å². The lowest BCUT2D eigenvalue weighted by molar-refractivity contribution is 0.373. The molecule has 0 aliphatic heterocycles. The number of methoxy groups -OCH3 is 1. The largest absolute Gasteiger partial charge is 0.496 e. The van der Waals surface area contributed by atoms with Gasteiger partial charge in [0.05, 0.1) is 12.0 Å². The summed E-state index contributed by atoms with van der Waals surface area (Å²) < 4.78 is 32.6. The summed E-state index contributed by atoms with van der Waals surface area (Å²) in [5.41, 5.74) is 6.64. The number of ether oxygens (including phenoxy) is 1. The molecule has 1 aliphatic rings. The van der Waals surface area contributed by atoms with Gasteiger partial charge in [0.15, 0.2) is 0 Å². The summed E-state index contributed by atoms with van der Waals surface area (Å²) in [5, 5.41) is 0. The minimum Gasteiger partial charge on any atom is -0.496 e. The number of rotatable bonds is 4. The number of hydrogen-bond donors (Lipinski definition) is 2. The molecule has 1 aromatic carbocycles. The molecule has 1 aromatic rings. The molecule has 20 heavy (non-hydrogen) atoms. The molecule has 1 aliphatic carbocycles. The smallest absolute Gasteiger partial charge is 0.240 e. The molecule has 0 bridgehead atoms. The fraction of sp³-hybridized carbons (Fsp3) is 0.571. The molecule has 0 amide bonds. The van der Waals surface area contributed by atoms with Crippen LogP contribution in [0.25, 0.3) is 0 Å². The molecule has 0 saturated heterocycles. The van der Waals surface area contributed by atoms with E-state index in [0.29, 0.717) is 5.75 Å². The maximum atomic E-state index is 12.4. The van der Waals surface area contributed by atoms with Gasteiger partial charge in [-0.3, -0.25) is 0 Å². The molecule has 0 spiro atoms. The van der Waals surface area contributed by atoms with Crippen LogP contribution in [0, 0.1) is 6.92 Å². The Morgan fingerprint density at radius 1 is 1.25 bits per heavy atom. The summed E-state index contributed by atoms with van der Waals surface area (Å²) in [7, 11) is -1.90. The fourth-order valence-corrected chi connectivity index (χ4v) is 3.93. The van der Waals surface area contributed by atoms with Crippen LogP contribution >= 0.6 is 0 Å². The second-order valence-electron chi connectivity index (χ2n) is 5.36. The molecule has 112 valence electrons. The van der Waals surface area contributed by atoms with E-state index >= 15 is 0 Å². The van der Waals surface area contributed by atoms with Crippen molar-refractivity contribution in [3.63, 3.8) is 0 Å². The highest BCUT2D eigenvalue weighted by Crippen LogP contribution is 2.23. The average molecular weight is 298 g/mol. The number of sulfonamides is 1. The van der Waals surface area contributed by atoms with Gasteiger partial charge in [0.2, 0.25) is 10.0 Å². The van der Waals surface area contributed by atoms with Crippen LogP contribution in [0.1, 0.15) is 31.2 Å².